The second-order valence-corrected chi connectivity index (χ2v) is 13.3. The molecule has 0 aromatic heterocycles. The Morgan fingerprint density at radius 3 is 2.11 bits per heavy atom. The fourth-order valence-corrected chi connectivity index (χ4v) is 7.07. The van der Waals surface area contributed by atoms with Crippen LogP contribution in [0.5, 0.6) is 11.5 Å². The summed E-state index contributed by atoms with van der Waals surface area (Å²) < 4.78 is 40.0. The zero-order chi connectivity index (χ0) is 32.4. The highest BCUT2D eigenvalue weighted by Gasteiger charge is 2.34. The van der Waals surface area contributed by atoms with Crippen molar-refractivity contribution >= 4 is 39.1 Å². The third-order valence-electron chi connectivity index (χ3n) is 7.97. The van der Waals surface area contributed by atoms with Crippen molar-refractivity contribution in [3.05, 3.63) is 83.4 Å². The summed E-state index contributed by atoms with van der Waals surface area (Å²) in [6.07, 6.45) is 5.41. The van der Waals surface area contributed by atoms with Crippen LogP contribution in [0.1, 0.15) is 57.9 Å². The topological polar surface area (TPSA) is 105 Å². The number of sulfonamides is 1. The summed E-state index contributed by atoms with van der Waals surface area (Å²) in [4.78, 5) is 29.5. The predicted octanol–water partition coefficient (Wildman–Crippen LogP) is 6.20. The van der Waals surface area contributed by atoms with Gasteiger partial charge in [0.2, 0.25) is 11.8 Å². The molecule has 242 valence electrons. The van der Waals surface area contributed by atoms with Crippen molar-refractivity contribution in [3.63, 3.8) is 0 Å². The fourth-order valence-electron chi connectivity index (χ4n) is 5.53. The molecule has 1 unspecified atom stereocenters. The number of amides is 2. The maximum absolute atomic E-state index is 14.3. The Hall–Kier alpha value is -3.76. The van der Waals surface area contributed by atoms with Crippen molar-refractivity contribution in [2.75, 3.05) is 24.6 Å². The van der Waals surface area contributed by atoms with Gasteiger partial charge in [-0.3, -0.25) is 13.9 Å². The van der Waals surface area contributed by atoms with Crippen LogP contribution in [0.3, 0.4) is 0 Å². The van der Waals surface area contributed by atoms with Crippen LogP contribution >= 0.6 is 11.6 Å². The lowest BCUT2D eigenvalue weighted by Crippen LogP contribution is -2.54. The van der Waals surface area contributed by atoms with Gasteiger partial charge in [-0.15, -0.1) is 0 Å². The summed E-state index contributed by atoms with van der Waals surface area (Å²) in [6, 6.07) is 18.8. The Morgan fingerprint density at radius 2 is 1.53 bits per heavy atom. The lowest BCUT2D eigenvalue weighted by molar-refractivity contribution is -0.140. The lowest BCUT2D eigenvalue weighted by Gasteiger charge is -2.34. The maximum atomic E-state index is 14.3. The molecular formula is C34H42ClN3O6S. The summed E-state index contributed by atoms with van der Waals surface area (Å²) in [7, 11) is -2.64. The van der Waals surface area contributed by atoms with E-state index < -0.39 is 28.5 Å². The Kier molecular flexibility index (Phi) is 12.1. The first-order valence-electron chi connectivity index (χ1n) is 15.4. The van der Waals surface area contributed by atoms with Gasteiger partial charge in [-0.25, -0.2) is 8.42 Å². The first-order chi connectivity index (χ1) is 21.7. The predicted molar refractivity (Wildman–Crippen MR) is 176 cm³/mol. The van der Waals surface area contributed by atoms with Crippen LogP contribution in [-0.2, 0) is 26.2 Å². The minimum atomic E-state index is -4.21. The van der Waals surface area contributed by atoms with Gasteiger partial charge in [0, 0.05) is 17.6 Å². The Morgan fingerprint density at radius 1 is 0.911 bits per heavy atom. The van der Waals surface area contributed by atoms with E-state index in [1.807, 2.05) is 26.0 Å². The molecule has 45 heavy (non-hydrogen) atoms. The smallest absolute Gasteiger partial charge is 0.264 e. The standard InChI is InChI=1S/C34H42ClN3O6S/c1-4-32(34(40)36-27-9-7-6-8-10-27)37(23-25-11-17-29(43-3)18-12-25)33(39)24-38(28-15-19-30(20-16-28)44-5-2)45(41,42)31-21-13-26(35)14-22-31/h11-22,27,32H,4-10,23-24H2,1-3H3,(H,36,40). The highest BCUT2D eigenvalue weighted by atomic mass is 35.5. The van der Waals surface area contributed by atoms with Crippen LogP contribution in [-0.4, -0.2) is 57.5 Å². The number of nitrogens with one attached hydrogen (secondary N) is 1. The molecule has 1 N–H and O–H groups in total. The molecule has 0 heterocycles. The number of nitrogens with zero attached hydrogens (tertiary/aromatic N) is 2. The minimum absolute atomic E-state index is 0.0163. The van der Waals surface area contributed by atoms with Gasteiger partial charge in [0.1, 0.15) is 24.1 Å². The van der Waals surface area contributed by atoms with E-state index in [2.05, 4.69) is 5.32 Å². The van der Waals surface area contributed by atoms with Crippen molar-refractivity contribution in [1.82, 2.24) is 10.2 Å². The van der Waals surface area contributed by atoms with Crippen molar-refractivity contribution in [1.29, 1.82) is 0 Å². The lowest BCUT2D eigenvalue weighted by atomic mass is 9.95. The number of anilines is 1. The van der Waals surface area contributed by atoms with Crippen molar-refractivity contribution in [3.8, 4) is 11.5 Å². The van der Waals surface area contributed by atoms with Gasteiger partial charge >= 0.3 is 0 Å². The number of carbonyl (C=O) groups excluding carboxylic acids is 2. The quantitative estimate of drug-likeness (QED) is 0.222. The van der Waals surface area contributed by atoms with Gasteiger partial charge in [-0.1, -0.05) is 49.9 Å². The molecule has 3 aromatic carbocycles. The average Bonchev–Trinajstić information content (AvgIpc) is 3.05. The van der Waals surface area contributed by atoms with Crippen LogP contribution in [0.2, 0.25) is 5.02 Å². The third-order valence-corrected chi connectivity index (χ3v) is 10.0. The van der Waals surface area contributed by atoms with Crippen LogP contribution < -0.4 is 19.1 Å². The molecule has 1 aliphatic carbocycles. The fraction of sp³-hybridized carbons (Fsp3) is 0.412. The number of ether oxygens (including phenoxy) is 2. The van der Waals surface area contributed by atoms with Gasteiger partial charge in [0.25, 0.3) is 10.0 Å². The van der Waals surface area contributed by atoms with E-state index >= 15 is 0 Å². The van der Waals surface area contributed by atoms with E-state index in [1.54, 1.807) is 43.5 Å². The summed E-state index contributed by atoms with van der Waals surface area (Å²) >= 11 is 6.05. The Labute approximate surface area is 271 Å². The Bertz CT molecular complexity index is 1510. The molecule has 2 amide bonds. The van der Waals surface area contributed by atoms with Gasteiger partial charge in [-0.2, -0.15) is 0 Å². The molecule has 0 bridgehead atoms. The highest BCUT2D eigenvalue weighted by molar-refractivity contribution is 7.92. The minimum Gasteiger partial charge on any atom is -0.497 e. The monoisotopic (exact) mass is 655 g/mol. The molecule has 0 saturated heterocycles. The summed E-state index contributed by atoms with van der Waals surface area (Å²) in [5, 5.41) is 3.55. The molecule has 1 saturated carbocycles. The Balaban J connectivity index is 1.70. The van der Waals surface area contributed by atoms with Crippen molar-refractivity contribution in [2.24, 2.45) is 0 Å². The van der Waals surface area contributed by atoms with Gasteiger partial charge < -0.3 is 19.7 Å². The van der Waals surface area contributed by atoms with Crippen molar-refractivity contribution in [2.45, 2.75) is 75.9 Å². The molecule has 1 fully saturated rings. The number of halogens is 1. The number of carbonyl (C=O) groups is 2. The summed E-state index contributed by atoms with van der Waals surface area (Å²) in [5.41, 5.74) is 1.06. The molecular weight excluding hydrogens is 614 g/mol. The molecule has 11 heteroatoms. The van der Waals surface area contributed by atoms with Crippen LogP contribution in [0.4, 0.5) is 5.69 Å². The van der Waals surface area contributed by atoms with E-state index in [-0.39, 0.29) is 29.1 Å². The summed E-state index contributed by atoms with van der Waals surface area (Å²) in [6.45, 7) is 3.75. The first-order valence-corrected chi connectivity index (χ1v) is 17.2. The van der Waals surface area contributed by atoms with Crippen LogP contribution in [0.15, 0.2) is 77.7 Å². The zero-order valence-corrected chi connectivity index (χ0v) is 27.6. The van der Waals surface area contributed by atoms with Crippen molar-refractivity contribution < 1.29 is 27.5 Å². The largest absolute Gasteiger partial charge is 0.497 e. The van der Waals surface area contributed by atoms with Gasteiger partial charge in [0.15, 0.2) is 0 Å². The zero-order valence-electron chi connectivity index (χ0n) is 26.1. The molecule has 9 nitrogen and oxygen atoms in total. The van der Waals surface area contributed by atoms with Gasteiger partial charge in [0.05, 0.1) is 24.3 Å². The second kappa shape index (κ2) is 16.0. The second-order valence-electron chi connectivity index (χ2n) is 11.0. The maximum Gasteiger partial charge on any atom is 0.264 e. The SMILES string of the molecule is CCOc1ccc(N(CC(=O)N(Cc2ccc(OC)cc2)C(CC)C(=O)NC2CCCCC2)S(=O)(=O)c2ccc(Cl)cc2)cc1. The summed E-state index contributed by atoms with van der Waals surface area (Å²) in [5.74, 6) is 0.486. The van der Waals surface area contributed by atoms with Crippen LogP contribution in [0.25, 0.3) is 0 Å². The molecule has 0 aliphatic heterocycles. The van der Waals surface area contributed by atoms with Gasteiger partial charge in [-0.05, 0) is 92.4 Å². The number of rotatable bonds is 14. The molecule has 1 aliphatic rings. The average molecular weight is 656 g/mol. The van der Waals surface area contributed by atoms with E-state index in [4.69, 9.17) is 21.1 Å². The molecule has 4 rings (SSSR count). The number of benzene rings is 3. The normalized spacial score (nSPS) is 14.3. The first kappa shape index (κ1) is 34.1. The van der Waals surface area contributed by atoms with E-state index in [0.717, 1.165) is 42.0 Å². The molecule has 0 radical (unpaired) electrons. The molecule has 1 atom stereocenters. The third kappa shape index (κ3) is 8.92. The number of hydrogen-bond donors (Lipinski definition) is 1. The molecule has 0 spiro atoms. The highest BCUT2D eigenvalue weighted by Crippen LogP contribution is 2.28. The number of methoxy groups -OCH3 is 1. The van der Waals surface area contributed by atoms with E-state index in [1.165, 1.54) is 29.2 Å². The van der Waals surface area contributed by atoms with E-state index in [9.17, 15) is 18.0 Å². The van der Waals surface area contributed by atoms with Crippen LogP contribution in [0, 0.1) is 0 Å². The van der Waals surface area contributed by atoms with E-state index in [0.29, 0.717) is 29.5 Å². The molecule has 3 aromatic rings. The number of hydrogen-bond acceptors (Lipinski definition) is 6.